The molecular weight excluding hydrogens is 496 g/mol. The zero-order valence-electron chi connectivity index (χ0n) is 21.0. The van der Waals surface area contributed by atoms with Gasteiger partial charge in [-0.2, -0.15) is 0 Å². The van der Waals surface area contributed by atoms with Gasteiger partial charge in [0, 0.05) is 47.2 Å². The Hall–Kier alpha value is -2.17. The lowest BCUT2D eigenvalue weighted by Gasteiger charge is -2.46. The third-order valence-corrected chi connectivity index (χ3v) is 8.90. The van der Waals surface area contributed by atoms with Crippen molar-refractivity contribution in [3.8, 4) is 0 Å². The van der Waals surface area contributed by atoms with Gasteiger partial charge < -0.3 is 21.2 Å². The van der Waals surface area contributed by atoms with Gasteiger partial charge in [0.25, 0.3) is 5.91 Å². The predicted octanol–water partition coefficient (Wildman–Crippen LogP) is 3.13. The van der Waals surface area contributed by atoms with Crippen LogP contribution in [0.4, 0.5) is 0 Å². The van der Waals surface area contributed by atoms with E-state index < -0.39 is 0 Å². The van der Waals surface area contributed by atoms with Crippen molar-refractivity contribution in [3.63, 3.8) is 0 Å². The molecular formula is C26H37ClN6O2S. The molecule has 1 saturated carbocycles. The van der Waals surface area contributed by atoms with Gasteiger partial charge in [0.1, 0.15) is 5.70 Å². The van der Waals surface area contributed by atoms with Crippen molar-refractivity contribution in [2.24, 2.45) is 11.6 Å². The summed E-state index contributed by atoms with van der Waals surface area (Å²) < 4.78 is 6.22. The van der Waals surface area contributed by atoms with Crippen LogP contribution in [0.2, 0.25) is 5.02 Å². The van der Waals surface area contributed by atoms with Gasteiger partial charge in [-0.05, 0) is 63.6 Å². The summed E-state index contributed by atoms with van der Waals surface area (Å²) >= 11 is 7.96. The molecule has 2 fully saturated rings. The van der Waals surface area contributed by atoms with Crippen LogP contribution in [0, 0.1) is 13.8 Å². The first-order valence-corrected chi connectivity index (χ1v) is 13.8. The number of rotatable bonds is 8. The first kappa shape index (κ1) is 26.9. The van der Waals surface area contributed by atoms with Gasteiger partial charge in [0.15, 0.2) is 0 Å². The quantitative estimate of drug-likeness (QED) is 0.234. The molecule has 1 aromatic carbocycles. The Morgan fingerprint density at radius 1 is 1.25 bits per heavy atom. The highest BCUT2D eigenvalue weighted by Crippen LogP contribution is 2.38. The molecule has 1 aliphatic carbocycles. The maximum atomic E-state index is 12.3. The third kappa shape index (κ3) is 6.58. The number of nitrogens with two attached hydrogens (primary N) is 2. The van der Waals surface area contributed by atoms with Crippen molar-refractivity contribution in [2.75, 3.05) is 19.7 Å². The highest BCUT2D eigenvalue weighted by Gasteiger charge is 2.36. The van der Waals surface area contributed by atoms with Crippen molar-refractivity contribution in [2.45, 2.75) is 70.1 Å². The molecule has 0 unspecified atom stereocenters. The third-order valence-electron chi connectivity index (χ3n) is 7.41. The van der Waals surface area contributed by atoms with E-state index in [2.05, 4.69) is 41.6 Å². The maximum absolute atomic E-state index is 12.3. The van der Waals surface area contributed by atoms with E-state index in [0.717, 1.165) is 55.6 Å². The molecule has 2 aromatic rings. The van der Waals surface area contributed by atoms with E-state index >= 15 is 0 Å². The molecule has 1 aliphatic heterocycles. The number of benzene rings is 1. The van der Waals surface area contributed by atoms with Crippen molar-refractivity contribution in [1.82, 2.24) is 20.6 Å². The van der Waals surface area contributed by atoms with Crippen LogP contribution in [-0.2, 0) is 16.0 Å². The molecule has 2 heterocycles. The average Bonchev–Trinajstić information content (AvgIpc) is 3.23. The molecule has 2 atom stereocenters. The fourth-order valence-corrected chi connectivity index (χ4v) is 6.45. The Balaban J connectivity index is 1.42. The smallest absolute Gasteiger partial charge is 0.270 e. The van der Waals surface area contributed by atoms with Gasteiger partial charge in [-0.1, -0.05) is 23.7 Å². The molecule has 1 saturated heterocycles. The van der Waals surface area contributed by atoms with Gasteiger partial charge >= 0.3 is 0 Å². The lowest BCUT2D eigenvalue weighted by Crippen LogP contribution is -2.57. The Labute approximate surface area is 222 Å². The Morgan fingerprint density at radius 3 is 2.58 bits per heavy atom. The van der Waals surface area contributed by atoms with E-state index in [4.69, 9.17) is 32.9 Å². The fourth-order valence-electron chi connectivity index (χ4n) is 5.24. The Kier molecular flexibility index (Phi) is 9.25. The van der Waals surface area contributed by atoms with Crippen LogP contribution in [0.25, 0.3) is 0 Å². The SMILES string of the molecule is Cc1nc(C2CCC(N3C[C@H](CNC(=O)/C(=C/N)NN)OC[C@@H]3Cc3ccc(Cl)cc3)CC2)sc1C. The number of carbonyl (C=O) groups is 1. The van der Waals surface area contributed by atoms with E-state index in [-0.39, 0.29) is 23.8 Å². The second kappa shape index (κ2) is 12.4. The molecule has 2 aliphatic rings. The molecule has 1 amide bonds. The second-order valence-corrected chi connectivity index (χ2v) is 11.4. The van der Waals surface area contributed by atoms with Crippen LogP contribution in [0.3, 0.4) is 0 Å². The van der Waals surface area contributed by atoms with Gasteiger partial charge in [0.2, 0.25) is 0 Å². The number of halogens is 1. The van der Waals surface area contributed by atoms with Crippen LogP contribution in [0.15, 0.2) is 36.2 Å². The van der Waals surface area contributed by atoms with Gasteiger partial charge in [-0.15, -0.1) is 11.3 Å². The van der Waals surface area contributed by atoms with Crippen molar-refractivity contribution >= 4 is 28.8 Å². The minimum atomic E-state index is -0.340. The highest BCUT2D eigenvalue weighted by molar-refractivity contribution is 7.11. The molecule has 6 N–H and O–H groups in total. The molecule has 1 aromatic heterocycles. The molecule has 196 valence electrons. The molecule has 10 heteroatoms. The van der Waals surface area contributed by atoms with Gasteiger partial charge in [-0.25, -0.2) is 4.98 Å². The number of nitrogens with one attached hydrogen (secondary N) is 2. The predicted molar refractivity (Wildman–Crippen MR) is 145 cm³/mol. The first-order chi connectivity index (χ1) is 17.4. The summed E-state index contributed by atoms with van der Waals surface area (Å²) in [6, 6.07) is 8.83. The number of ether oxygens (including phenoxy) is 1. The summed E-state index contributed by atoms with van der Waals surface area (Å²) in [5, 5.41) is 4.92. The zero-order valence-corrected chi connectivity index (χ0v) is 22.6. The van der Waals surface area contributed by atoms with Crippen molar-refractivity contribution in [3.05, 3.63) is 62.3 Å². The summed E-state index contributed by atoms with van der Waals surface area (Å²) in [5.74, 6) is 5.58. The molecule has 0 radical (unpaired) electrons. The molecule has 0 bridgehead atoms. The van der Waals surface area contributed by atoms with Crippen molar-refractivity contribution < 1.29 is 9.53 Å². The minimum Gasteiger partial charge on any atom is -0.403 e. The van der Waals surface area contributed by atoms with Gasteiger partial charge in [0.05, 0.1) is 23.4 Å². The Bertz CT molecular complexity index is 1030. The standard InChI is InChI=1S/C26H37ClN6O2S/c1-16-17(2)36-26(31-16)19-5-9-21(10-6-19)33-14-23(13-30-25(34)24(12-28)32-29)35-15-22(33)11-18-3-7-20(27)8-4-18/h3-4,7-8,12,19,21-23,32H,5-6,9-11,13-15,28-29H2,1-2H3,(H,30,34)/b24-12-/t19?,21?,22-,23-/m0/s1. The number of hydrogen-bond acceptors (Lipinski definition) is 8. The number of aromatic nitrogens is 1. The normalized spacial score (nSPS) is 25.5. The number of hydrazine groups is 1. The number of amides is 1. The lowest BCUT2D eigenvalue weighted by atomic mass is 9.84. The summed E-state index contributed by atoms with van der Waals surface area (Å²) in [6.07, 6.45) is 6.53. The summed E-state index contributed by atoms with van der Waals surface area (Å²) in [6.45, 7) is 6.04. The fraction of sp³-hybridized carbons (Fsp3) is 0.538. The summed E-state index contributed by atoms with van der Waals surface area (Å²) in [5.41, 5.74) is 10.3. The van der Waals surface area contributed by atoms with Crippen LogP contribution in [0.1, 0.15) is 52.7 Å². The van der Waals surface area contributed by atoms with Crippen LogP contribution in [0.5, 0.6) is 0 Å². The summed E-state index contributed by atoms with van der Waals surface area (Å²) in [4.78, 5) is 21.1. The molecule has 8 nitrogen and oxygen atoms in total. The van der Waals surface area contributed by atoms with Crippen molar-refractivity contribution in [1.29, 1.82) is 0 Å². The van der Waals surface area contributed by atoms with Crippen LogP contribution in [-0.4, -0.2) is 53.7 Å². The van der Waals surface area contributed by atoms with E-state index in [0.29, 0.717) is 25.1 Å². The lowest BCUT2D eigenvalue weighted by molar-refractivity contribution is -0.120. The van der Waals surface area contributed by atoms with E-state index in [1.807, 2.05) is 23.5 Å². The zero-order chi connectivity index (χ0) is 25.7. The maximum Gasteiger partial charge on any atom is 0.270 e. The highest BCUT2D eigenvalue weighted by atomic mass is 35.5. The first-order valence-electron chi connectivity index (χ1n) is 12.6. The monoisotopic (exact) mass is 532 g/mol. The largest absolute Gasteiger partial charge is 0.403 e. The number of thiazole rings is 1. The van der Waals surface area contributed by atoms with E-state index in [1.54, 1.807) is 0 Å². The topological polar surface area (TPSA) is 119 Å². The summed E-state index contributed by atoms with van der Waals surface area (Å²) in [7, 11) is 0. The Morgan fingerprint density at radius 2 is 1.97 bits per heavy atom. The molecule has 36 heavy (non-hydrogen) atoms. The molecule has 4 rings (SSSR count). The van der Waals surface area contributed by atoms with Crippen LogP contribution < -0.4 is 22.3 Å². The van der Waals surface area contributed by atoms with Crippen LogP contribution >= 0.6 is 22.9 Å². The van der Waals surface area contributed by atoms with E-state index in [1.165, 1.54) is 15.4 Å². The minimum absolute atomic E-state index is 0.103. The second-order valence-electron chi connectivity index (χ2n) is 9.77. The number of carbonyl (C=O) groups excluding carboxylic acids is 1. The number of morpholine rings is 1. The molecule has 0 spiro atoms. The van der Waals surface area contributed by atoms with E-state index in [9.17, 15) is 4.79 Å². The average molecular weight is 533 g/mol. The number of aryl methyl sites for hydroxylation is 2. The van der Waals surface area contributed by atoms with Gasteiger partial charge in [-0.3, -0.25) is 15.5 Å². The number of hydrogen-bond donors (Lipinski definition) is 4. The number of nitrogens with zero attached hydrogens (tertiary/aromatic N) is 2.